The molecule has 0 bridgehead atoms. The van der Waals surface area contributed by atoms with Crippen molar-refractivity contribution in [2.24, 2.45) is 0 Å². The molecule has 0 saturated carbocycles. The predicted molar refractivity (Wildman–Crippen MR) is 195 cm³/mol. The third-order valence-corrected chi connectivity index (χ3v) is 9.31. The van der Waals surface area contributed by atoms with Gasteiger partial charge in [0.1, 0.15) is 5.82 Å². The van der Waals surface area contributed by atoms with E-state index in [0.717, 1.165) is 34.0 Å². The van der Waals surface area contributed by atoms with Crippen molar-refractivity contribution in [3.8, 4) is 22.4 Å². The van der Waals surface area contributed by atoms with Gasteiger partial charge in [-0.25, -0.2) is 4.98 Å². The Hall–Kier alpha value is -5.91. The van der Waals surface area contributed by atoms with E-state index in [1.54, 1.807) is 0 Å². The molecule has 56 heavy (non-hydrogen) atoms. The SMILES string of the molecule is CN1[CH-]N(c2[c-]c([C@]3(c4ccccn4)c4[c-]cccc4-c4ccccc43)ccc2)c2ncccc21.FC(F)(F)c1c[c-]c(-c2ccccn2)c(C(F)(F)F)n1.[Ir]. The maximum atomic E-state index is 12.8. The molecule has 0 amide bonds. The molecule has 13 heteroatoms. The Labute approximate surface area is 331 Å². The summed E-state index contributed by atoms with van der Waals surface area (Å²) in [6.07, 6.45) is -5.09. The number of aromatic nitrogens is 4. The fourth-order valence-corrected chi connectivity index (χ4v) is 7.03. The van der Waals surface area contributed by atoms with Gasteiger partial charge in [-0.05, 0) is 48.6 Å². The van der Waals surface area contributed by atoms with Crippen molar-refractivity contribution in [2.45, 2.75) is 17.8 Å². The number of rotatable bonds is 4. The molecule has 283 valence electrons. The van der Waals surface area contributed by atoms with Crippen LogP contribution >= 0.6 is 0 Å². The molecule has 0 N–H and O–H groups in total. The van der Waals surface area contributed by atoms with Crippen LogP contribution in [0.2, 0.25) is 0 Å². The van der Waals surface area contributed by atoms with E-state index in [9.17, 15) is 26.3 Å². The molecule has 1 aliphatic heterocycles. The fraction of sp³-hybridized carbons (Fsp3) is 0.0930. The molecule has 1 radical (unpaired) electrons. The normalized spacial score (nSPS) is 15.6. The maximum Gasteiger partial charge on any atom is 0.397 e. The van der Waals surface area contributed by atoms with Crippen LogP contribution in [0, 0.1) is 24.9 Å². The van der Waals surface area contributed by atoms with Gasteiger partial charge >= 0.3 is 12.4 Å². The minimum absolute atomic E-state index is 0. The van der Waals surface area contributed by atoms with Crippen LogP contribution in [0.25, 0.3) is 22.4 Å². The molecule has 0 saturated heterocycles. The summed E-state index contributed by atoms with van der Waals surface area (Å²) in [7, 11) is 2.04. The zero-order valence-corrected chi connectivity index (χ0v) is 31.5. The standard InChI is InChI=1S/C31H21N4.C12H5F6N2.Ir/c1-34-21-35(30-28(34)16-9-19-33-30)23-11-8-10-22(20-23)31(29-17-6-7-18-32-29)26-14-4-2-12-24(26)25-13-3-5-15-27(25)31;13-11(14,15)9-5-4-7(8-3-1-2-6-19-8)10(20-9)12(16,17)18;/h2-14,16-19,21H,1H3;1-3,5-6H;/q-3;-1;/t31-;;/m1../s1. The Bertz CT molecular complexity index is 2450. The quantitative estimate of drug-likeness (QED) is 0.130. The van der Waals surface area contributed by atoms with Crippen LogP contribution in [0.4, 0.5) is 43.5 Å². The average Bonchev–Trinajstić information content (AvgIpc) is 3.71. The largest absolute Gasteiger partial charge is 0.502 e. The van der Waals surface area contributed by atoms with E-state index in [1.165, 1.54) is 41.1 Å². The molecule has 0 spiro atoms. The Balaban J connectivity index is 0.000000197. The van der Waals surface area contributed by atoms with E-state index in [0.29, 0.717) is 6.07 Å². The van der Waals surface area contributed by atoms with Crippen LogP contribution < -0.4 is 9.80 Å². The van der Waals surface area contributed by atoms with Crippen LogP contribution in [-0.2, 0) is 37.9 Å². The van der Waals surface area contributed by atoms with Crippen molar-refractivity contribution in [3.05, 3.63) is 192 Å². The zero-order valence-electron chi connectivity index (χ0n) is 29.1. The second-order valence-electron chi connectivity index (χ2n) is 12.6. The van der Waals surface area contributed by atoms with Crippen molar-refractivity contribution >= 4 is 17.2 Å². The van der Waals surface area contributed by atoms with E-state index < -0.39 is 34.7 Å². The first kappa shape index (κ1) is 38.4. The van der Waals surface area contributed by atoms with Gasteiger partial charge in [-0.2, -0.15) is 81.5 Å². The maximum absolute atomic E-state index is 12.8. The molecule has 0 fully saturated rings. The zero-order chi connectivity index (χ0) is 38.4. The van der Waals surface area contributed by atoms with Gasteiger partial charge in [-0.15, -0.1) is 34.5 Å². The van der Waals surface area contributed by atoms with Gasteiger partial charge in [0.2, 0.25) is 0 Å². The van der Waals surface area contributed by atoms with Crippen molar-refractivity contribution < 1.29 is 46.4 Å². The number of hydrogen-bond donors (Lipinski definition) is 0. The van der Waals surface area contributed by atoms with Crippen LogP contribution in [0.15, 0.2) is 134 Å². The van der Waals surface area contributed by atoms with Gasteiger partial charge in [-0.3, -0.25) is 4.98 Å². The smallest absolute Gasteiger partial charge is 0.397 e. The van der Waals surface area contributed by atoms with E-state index in [-0.39, 0.29) is 25.8 Å². The van der Waals surface area contributed by atoms with E-state index in [2.05, 4.69) is 116 Å². The topological polar surface area (TPSA) is 58.0 Å². The Morgan fingerprint density at radius 2 is 1.43 bits per heavy atom. The Morgan fingerprint density at radius 3 is 2.16 bits per heavy atom. The van der Waals surface area contributed by atoms with Crippen LogP contribution in [-0.4, -0.2) is 27.0 Å². The van der Waals surface area contributed by atoms with Gasteiger partial charge in [0.05, 0.1) is 17.1 Å². The number of halogens is 6. The average molecular weight is 933 g/mol. The third-order valence-electron chi connectivity index (χ3n) is 9.31. The van der Waals surface area contributed by atoms with Crippen molar-refractivity contribution in [2.75, 3.05) is 16.8 Å². The monoisotopic (exact) mass is 933 g/mol. The number of pyridine rings is 4. The first-order valence-electron chi connectivity index (χ1n) is 16.8. The second-order valence-corrected chi connectivity index (χ2v) is 12.6. The molecule has 3 aromatic carbocycles. The summed E-state index contributed by atoms with van der Waals surface area (Å²) in [6, 6.07) is 45.2. The number of nitrogens with zero attached hydrogens (tertiary/aromatic N) is 6. The summed E-state index contributed by atoms with van der Waals surface area (Å²) < 4.78 is 75.7. The summed E-state index contributed by atoms with van der Waals surface area (Å²) in [5, 5.41) is 0. The molecule has 1 atom stereocenters. The first-order valence-corrected chi connectivity index (χ1v) is 16.8. The predicted octanol–water partition coefficient (Wildman–Crippen LogP) is 10.1. The van der Waals surface area contributed by atoms with Gasteiger partial charge in [0.15, 0.2) is 0 Å². The third kappa shape index (κ3) is 6.71. The molecule has 2 aliphatic rings. The van der Waals surface area contributed by atoms with Gasteiger partial charge in [0, 0.05) is 49.8 Å². The van der Waals surface area contributed by atoms with Gasteiger partial charge in [-0.1, -0.05) is 53.6 Å². The molecular weight excluding hydrogens is 907 g/mol. The first-order chi connectivity index (χ1) is 26.5. The van der Waals surface area contributed by atoms with Crippen molar-refractivity contribution in [1.82, 2.24) is 19.9 Å². The van der Waals surface area contributed by atoms with Crippen molar-refractivity contribution in [1.29, 1.82) is 0 Å². The van der Waals surface area contributed by atoms with Gasteiger partial charge < -0.3 is 19.8 Å². The molecule has 5 heterocycles. The van der Waals surface area contributed by atoms with E-state index in [1.807, 2.05) is 43.7 Å². The van der Waals surface area contributed by atoms with Crippen LogP contribution in [0.5, 0.6) is 0 Å². The summed E-state index contributed by atoms with van der Waals surface area (Å²) in [5.74, 6) is 0.897. The van der Waals surface area contributed by atoms with Crippen LogP contribution in [0.1, 0.15) is 33.8 Å². The molecule has 9 rings (SSSR count). The number of alkyl halides is 6. The summed E-state index contributed by atoms with van der Waals surface area (Å²) in [4.78, 5) is 20.1. The minimum Gasteiger partial charge on any atom is -0.502 e. The second kappa shape index (κ2) is 15.0. The summed E-state index contributed by atoms with van der Waals surface area (Å²) in [6.45, 7) is 2.06. The Kier molecular flexibility index (Phi) is 10.3. The fourth-order valence-electron chi connectivity index (χ4n) is 7.03. The van der Waals surface area contributed by atoms with E-state index in [4.69, 9.17) is 4.98 Å². The number of fused-ring (bicyclic) bond motifs is 4. The minimum atomic E-state index is -5.04. The molecule has 1 aliphatic carbocycles. The molecular formula is C43H26F6IrN6-4. The molecule has 7 aromatic rings. The molecule has 0 unspecified atom stereocenters. The number of hydrogen-bond acceptors (Lipinski definition) is 6. The molecule has 4 aromatic heterocycles. The van der Waals surface area contributed by atoms with Gasteiger partial charge in [0.25, 0.3) is 0 Å². The Morgan fingerprint density at radius 1 is 0.696 bits per heavy atom. The summed E-state index contributed by atoms with van der Waals surface area (Å²) >= 11 is 0. The summed E-state index contributed by atoms with van der Waals surface area (Å²) in [5.41, 5.74) is 3.99. The van der Waals surface area contributed by atoms with E-state index >= 15 is 0 Å². The number of anilines is 3. The van der Waals surface area contributed by atoms with Crippen molar-refractivity contribution in [3.63, 3.8) is 0 Å². The van der Waals surface area contributed by atoms with Crippen LogP contribution in [0.3, 0.4) is 0 Å². The molecule has 6 nitrogen and oxygen atoms in total. The number of benzene rings is 3.